The summed E-state index contributed by atoms with van der Waals surface area (Å²) < 4.78 is 32.6. The molecular weight excluding hydrogens is 513 g/mol. The summed E-state index contributed by atoms with van der Waals surface area (Å²) in [6.07, 6.45) is 3.04. The van der Waals surface area contributed by atoms with Crippen LogP contribution in [0.2, 0.25) is 0 Å². The van der Waals surface area contributed by atoms with Crippen molar-refractivity contribution in [1.82, 2.24) is 19.9 Å². The number of aliphatic imine (C=N–C) groups is 1. The molecule has 8 nitrogen and oxygen atoms in total. The van der Waals surface area contributed by atoms with E-state index in [4.69, 9.17) is 4.74 Å². The SMILES string of the molecule is CCNC(=NCCS(=O)(=O)NCC1CCCCO1)N(C)Cc1csc(C)n1.I. The largest absolute Gasteiger partial charge is 0.377 e. The van der Waals surface area contributed by atoms with E-state index in [0.717, 1.165) is 30.0 Å². The van der Waals surface area contributed by atoms with E-state index in [2.05, 4.69) is 20.0 Å². The third-order valence-corrected chi connectivity index (χ3v) is 6.34. The Labute approximate surface area is 189 Å². The second-order valence-electron chi connectivity index (χ2n) is 6.61. The summed E-state index contributed by atoms with van der Waals surface area (Å²) in [6.45, 7) is 6.55. The van der Waals surface area contributed by atoms with Crippen molar-refractivity contribution in [2.24, 2.45) is 4.99 Å². The Morgan fingerprint density at radius 1 is 1.46 bits per heavy atom. The first-order valence-electron chi connectivity index (χ1n) is 9.39. The number of ether oxygens (including phenoxy) is 1. The Morgan fingerprint density at radius 3 is 2.86 bits per heavy atom. The highest BCUT2D eigenvalue weighted by Crippen LogP contribution is 2.12. The number of rotatable bonds is 9. The molecule has 0 saturated carbocycles. The Bertz CT molecular complexity index is 705. The van der Waals surface area contributed by atoms with Crippen LogP contribution in [0, 0.1) is 6.92 Å². The second-order valence-corrected chi connectivity index (χ2v) is 9.59. The number of nitrogens with one attached hydrogen (secondary N) is 2. The number of thiazole rings is 1. The second kappa shape index (κ2) is 12.9. The first-order valence-corrected chi connectivity index (χ1v) is 11.9. The predicted molar refractivity (Wildman–Crippen MR) is 125 cm³/mol. The van der Waals surface area contributed by atoms with Crippen LogP contribution in [0.1, 0.15) is 36.9 Å². The maximum absolute atomic E-state index is 12.2. The molecule has 1 fully saturated rings. The van der Waals surface area contributed by atoms with Crippen molar-refractivity contribution in [3.8, 4) is 0 Å². The molecule has 1 aliphatic rings. The van der Waals surface area contributed by atoms with Crippen molar-refractivity contribution in [2.45, 2.75) is 45.8 Å². The number of aryl methyl sites for hydroxylation is 1. The van der Waals surface area contributed by atoms with Gasteiger partial charge in [-0.3, -0.25) is 4.99 Å². The molecule has 0 bridgehead atoms. The van der Waals surface area contributed by atoms with Crippen molar-refractivity contribution >= 4 is 51.3 Å². The lowest BCUT2D eigenvalue weighted by Gasteiger charge is -2.23. The van der Waals surface area contributed by atoms with Gasteiger partial charge in [-0.15, -0.1) is 35.3 Å². The van der Waals surface area contributed by atoms with Gasteiger partial charge in [-0.1, -0.05) is 0 Å². The average Bonchev–Trinajstić information content (AvgIpc) is 3.05. The molecule has 0 aliphatic carbocycles. The number of hydrogen-bond donors (Lipinski definition) is 2. The van der Waals surface area contributed by atoms with Gasteiger partial charge in [0.15, 0.2) is 5.96 Å². The summed E-state index contributed by atoms with van der Waals surface area (Å²) in [6, 6.07) is 0. The fourth-order valence-corrected chi connectivity index (χ4v) is 4.32. The summed E-state index contributed by atoms with van der Waals surface area (Å²) in [7, 11) is -1.45. The van der Waals surface area contributed by atoms with E-state index >= 15 is 0 Å². The number of aromatic nitrogens is 1. The molecule has 11 heteroatoms. The summed E-state index contributed by atoms with van der Waals surface area (Å²) >= 11 is 1.61. The molecule has 1 atom stereocenters. The van der Waals surface area contributed by atoms with Gasteiger partial charge in [-0.05, 0) is 33.1 Å². The fraction of sp³-hybridized carbons (Fsp3) is 0.765. The smallest absolute Gasteiger partial charge is 0.213 e. The molecule has 28 heavy (non-hydrogen) atoms. The summed E-state index contributed by atoms with van der Waals surface area (Å²) in [5.41, 5.74) is 0.979. The van der Waals surface area contributed by atoms with Crippen molar-refractivity contribution < 1.29 is 13.2 Å². The Morgan fingerprint density at radius 2 is 2.25 bits per heavy atom. The molecule has 2 rings (SSSR count). The van der Waals surface area contributed by atoms with Crippen LogP contribution in [0.3, 0.4) is 0 Å². The first-order chi connectivity index (χ1) is 12.9. The maximum Gasteiger partial charge on any atom is 0.213 e. The van der Waals surface area contributed by atoms with Crippen LogP contribution in [0.15, 0.2) is 10.4 Å². The van der Waals surface area contributed by atoms with Crippen LogP contribution in [0.25, 0.3) is 0 Å². The van der Waals surface area contributed by atoms with Gasteiger partial charge in [0.2, 0.25) is 10.0 Å². The zero-order chi connectivity index (χ0) is 19.7. The monoisotopic (exact) mass is 545 g/mol. The molecule has 162 valence electrons. The quantitative estimate of drug-likeness (QED) is 0.280. The van der Waals surface area contributed by atoms with E-state index in [1.165, 1.54) is 0 Å². The molecule has 0 spiro atoms. The highest BCUT2D eigenvalue weighted by molar-refractivity contribution is 14.0. The van der Waals surface area contributed by atoms with Gasteiger partial charge >= 0.3 is 0 Å². The normalized spacial score (nSPS) is 17.8. The number of hydrogen-bond acceptors (Lipinski definition) is 6. The number of halogens is 1. The van der Waals surface area contributed by atoms with Crippen molar-refractivity contribution in [3.63, 3.8) is 0 Å². The van der Waals surface area contributed by atoms with Crippen molar-refractivity contribution in [3.05, 3.63) is 16.1 Å². The van der Waals surface area contributed by atoms with E-state index in [0.29, 0.717) is 32.2 Å². The molecule has 0 radical (unpaired) electrons. The van der Waals surface area contributed by atoms with E-state index in [1.54, 1.807) is 11.3 Å². The third-order valence-electron chi connectivity index (χ3n) is 4.19. The highest BCUT2D eigenvalue weighted by atomic mass is 127. The van der Waals surface area contributed by atoms with Gasteiger partial charge in [0.05, 0.1) is 35.6 Å². The lowest BCUT2D eigenvalue weighted by Crippen LogP contribution is -2.39. The van der Waals surface area contributed by atoms with E-state index in [9.17, 15) is 8.42 Å². The summed E-state index contributed by atoms with van der Waals surface area (Å²) in [5.74, 6) is 0.632. The summed E-state index contributed by atoms with van der Waals surface area (Å²) in [5, 5.41) is 6.25. The maximum atomic E-state index is 12.2. The zero-order valence-corrected chi connectivity index (χ0v) is 20.8. The third kappa shape index (κ3) is 9.33. The minimum atomic E-state index is -3.37. The van der Waals surface area contributed by atoms with Gasteiger partial charge in [0, 0.05) is 32.1 Å². The van der Waals surface area contributed by atoms with Gasteiger partial charge in [-0.25, -0.2) is 18.1 Å². The number of sulfonamides is 1. The number of guanidine groups is 1. The molecule has 1 aliphatic heterocycles. The molecule has 0 aromatic carbocycles. The van der Waals surface area contributed by atoms with Crippen molar-refractivity contribution in [1.29, 1.82) is 0 Å². The molecule has 1 saturated heterocycles. The Kier molecular flexibility index (Phi) is 11.8. The summed E-state index contributed by atoms with van der Waals surface area (Å²) in [4.78, 5) is 10.9. The zero-order valence-electron chi connectivity index (χ0n) is 16.8. The Balaban J connectivity index is 0.00000392. The topological polar surface area (TPSA) is 95.9 Å². The molecule has 0 amide bonds. The van der Waals surface area contributed by atoms with E-state index in [-0.39, 0.29) is 42.4 Å². The fourth-order valence-electron chi connectivity index (χ4n) is 2.80. The van der Waals surface area contributed by atoms with Gasteiger partial charge < -0.3 is 15.0 Å². The predicted octanol–water partition coefficient (Wildman–Crippen LogP) is 1.96. The molecular formula is C17H32IN5O3S2. The van der Waals surface area contributed by atoms with Crippen LogP contribution in [-0.4, -0.2) is 69.4 Å². The lowest BCUT2D eigenvalue weighted by atomic mass is 10.1. The van der Waals surface area contributed by atoms with Gasteiger partial charge in [0.1, 0.15) is 0 Å². The standard InChI is InChI=1S/C17H31N5O3S2.HI/c1-4-18-17(22(3)12-15-13-26-14(2)21-15)19-8-10-27(23,24)20-11-16-7-5-6-9-25-16;/h13,16,20H,4-12H2,1-3H3,(H,18,19);1H. The molecule has 1 aromatic heterocycles. The highest BCUT2D eigenvalue weighted by Gasteiger charge is 2.17. The Hall–Kier alpha value is -0.500. The van der Waals surface area contributed by atoms with Gasteiger partial charge in [-0.2, -0.15) is 0 Å². The number of nitrogens with zero attached hydrogens (tertiary/aromatic N) is 3. The first kappa shape index (κ1) is 25.5. The lowest BCUT2D eigenvalue weighted by molar-refractivity contribution is 0.0200. The van der Waals surface area contributed by atoms with E-state index < -0.39 is 10.0 Å². The van der Waals surface area contributed by atoms with Gasteiger partial charge in [0.25, 0.3) is 0 Å². The van der Waals surface area contributed by atoms with Crippen molar-refractivity contribution in [2.75, 3.05) is 39.0 Å². The minimum Gasteiger partial charge on any atom is -0.377 e. The molecule has 2 N–H and O–H groups in total. The minimum absolute atomic E-state index is 0. The van der Waals surface area contributed by atoms with Crippen LogP contribution >= 0.6 is 35.3 Å². The average molecular weight is 546 g/mol. The van der Waals surface area contributed by atoms with Crippen LogP contribution in [0.5, 0.6) is 0 Å². The van der Waals surface area contributed by atoms with Crippen LogP contribution in [-0.2, 0) is 21.3 Å². The van der Waals surface area contributed by atoms with Crippen LogP contribution in [0.4, 0.5) is 0 Å². The molecule has 2 heterocycles. The van der Waals surface area contributed by atoms with Crippen LogP contribution < -0.4 is 10.0 Å². The molecule has 1 aromatic rings. The van der Waals surface area contributed by atoms with E-state index in [1.807, 2.05) is 31.2 Å². The molecule has 1 unspecified atom stereocenters.